The third kappa shape index (κ3) is 3.27. The SMILES string of the molecule is COC(=O)C(C)(C)O/N=C(/[C]=O)c1csc(N)n1. The van der Waals surface area contributed by atoms with Crippen LogP contribution in [0, 0.1) is 0 Å². The Morgan fingerprint density at radius 1 is 1.61 bits per heavy atom. The molecule has 0 saturated carbocycles. The van der Waals surface area contributed by atoms with E-state index in [2.05, 4.69) is 14.9 Å². The molecule has 18 heavy (non-hydrogen) atoms. The van der Waals surface area contributed by atoms with Crippen LogP contribution in [0.15, 0.2) is 10.5 Å². The molecule has 0 aromatic carbocycles. The highest BCUT2D eigenvalue weighted by molar-refractivity contribution is 7.13. The fourth-order valence-electron chi connectivity index (χ4n) is 0.957. The van der Waals surface area contributed by atoms with Gasteiger partial charge in [-0.05, 0) is 13.8 Å². The van der Waals surface area contributed by atoms with Crippen molar-refractivity contribution in [1.82, 2.24) is 4.98 Å². The van der Waals surface area contributed by atoms with Crippen LogP contribution in [0.1, 0.15) is 19.5 Å². The van der Waals surface area contributed by atoms with Gasteiger partial charge >= 0.3 is 5.97 Å². The molecule has 1 aromatic rings. The zero-order valence-electron chi connectivity index (χ0n) is 10.1. The second-order valence-corrected chi connectivity index (χ2v) is 4.60. The minimum atomic E-state index is -1.31. The minimum absolute atomic E-state index is 0.167. The van der Waals surface area contributed by atoms with E-state index in [0.29, 0.717) is 5.13 Å². The van der Waals surface area contributed by atoms with Crippen LogP contribution in [0.2, 0.25) is 0 Å². The van der Waals surface area contributed by atoms with Crippen molar-refractivity contribution in [2.75, 3.05) is 12.8 Å². The van der Waals surface area contributed by atoms with Crippen molar-refractivity contribution in [1.29, 1.82) is 0 Å². The normalized spacial score (nSPS) is 12.1. The number of hydrogen-bond donors (Lipinski definition) is 1. The van der Waals surface area contributed by atoms with E-state index < -0.39 is 11.6 Å². The number of ether oxygens (including phenoxy) is 1. The van der Waals surface area contributed by atoms with Crippen LogP contribution < -0.4 is 5.73 Å². The maximum Gasteiger partial charge on any atom is 0.352 e. The van der Waals surface area contributed by atoms with Crippen molar-refractivity contribution >= 4 is 34.4 Å². The second-order valence-electron chi connectivity index (χ2n) is 3.71. The predicted molar refractivity (Wildman–Crippen MR) is 65.9 cm³/mol. The first kappa shape index (κ1) is 14.1. The van der Waals surface area contributed by atoms with E-state index in [9.17, 15) is 9.59 Å². The molecular weight excluding hydrogens is 258 g/mol. The van der Waals surface area contributed by atoms with Crippen LogP contribution in [0.25, 0.3) is 0 Å². The molecule has 1 heterocycles. The minimum Gasteiger partial charge on any atom is -0.466 e. The maximum atomic E-state index is 11.3. The average molecular weight is 270 g/mol. The van der Waals surface area contributed by atoms with Crippen LogP contribution in [0.3, 0.4) is 0 Å². The van der Waals surface area contributed by atoms with Crippen molar-refractivity contribution in [2.45, 2.75) is 19.4 Å². The molecule has 7 nitrogen and oxygen atoms in total. The predicted octanol–water partition coefficient (Wildman–Crippen LogP) is 0.507. The first-order valence-corrected chi connectivity index (χ1v) is 5.72. The van der Waals surface area contributed by atoms with Gasteiger partial charge in [-0.1, -0.05) is 5.16 Å². The second kappa shape index (κ2) is 5.58. The number of oxime groups is 1. The first-order valence-electron chi connectivity index (χ1n) is 4.85. The molecule has 2 N–H and O–H groups in total. The number of aromatic nitrogens is 1. The molecule has 0 atom stereocenters. The summed E-state index contributed by atoms with van der Waals surface area (Å²) in [4.78, 5) is 30.9. The number of thiazole rings is 1. The molecule has 0 fully saturated rings. The Morgan fingerprint density at radius 2 is 2.28 bits per heavy atom. The fourth-order valence-corrected chi connectivity index (χ4v) is 1.50. The summed E-state index contributed by atoms with van der Waals surface area (Å²) in [5.41, 5.74) is 4.20. The molecule has 0 aliphatic rings. The van der Waals surface area contributed by atoms with Gasteiger partial charge in [0.25, 0.3) is 6.29 Å². The smallest absolute Gasteiger partial charge is 0.352 e. The average Bonchev–Trinajstić information content (AvgIpc) is 2.75. The molecule has 8 heteroatoms. The topological polar surface area (TPSA) is 104 Å². The lowest BCUT2D eigenvalue weighted by atomic mass is 10.1. The summed E-state index contributed by atoms with van der Waals surface area (Å²) < 4.78 is 4.53. The lowest BCUT2D eigenvalue weighted by Crippen LogP contribution is -2.34. The molecule has 1 rings (SSSR count). The van der Waals surface area contributed by atoms with Gasteiger partial charge in [-0.15, -0.1) is 11.3 Å². The number of carbonyl (C=O) groups is 1. The van der Waals surface area contributed by atoms with Crippen molar-refractivity contribution in [2.24, 2.45) is 5.16 Å². The van der Waals surface area contributed by atoms with Crippen LogP contribution in [-0.4, -0.2) is 35.7 Å². The third-order valence-corrected chi connectivity index (χ3v) is 2.58. The molecule has 0 spiro atoms. The Morgan fingerprint density at radius 3 is 2.72 bits per heavy atom. The van der Waals surface area contributed by atoms with Gasteiger partial charge < -0.3 is 15.3 Å². The summed E-state index contributed by atoms with van der Waals surface area (Å²) in [6, 6.07) is 0. The van der Waals surface area contributed by atoms with Crippen molar-refractivity contribution in [3.63, 3.8) is 0 Å². The molecule has 0 saturated heterocycles. The molecule has 0 unspecified atom stereocenters. The van der Waals surface area contributed by atoms with Crippen LogP contribution in [0.4, 0.5) is 5.13 Å². The van der Waals surface area contributed by atoms with Gasteiger partial charge in [0.15, 0.2) is 10.8 Å². The van der Waals surface area contributed by atoms with Gasteiger partial charge in [0, 0.05) is 5.38 Å². The summed E-state index contributed by atoms with van der Waals surface area (Å²) >= 11 is 1.15. The quantitative estimate of drug-likeness (QED) is 0.475. The van der Waals surface area contributed by atoms with Crippen LogP contribution in [-0.2, 0) is 19.2 Å². The summed E-state index contributed by atoms with van der Waals surface area (Å²) in [7, 11) is 1.23. The zero-order valence-corrected chi connectivity index (χ0v) is 10.9. The lowest BCUT2D eigenvalue weighted by molar-refractivity contribution is -0.164. The number of esters is 1. The van der Waals surface area contributed by atoms with E-state index >= 15 is 0 Å². The highest BCUT2D eigenvalue weighted by Gasteiger charge is 2.31. The highest BCUT2D eigenvalue weighted by Crippen LogP contribution is 2.14. The summed E-state index contributed by atoms with van der Waals surface area (Å²) in [6.45, 7) is 2.92. The fraction of sp³-hybridized carbons (Fsp3) is 0.400. The van der Waals surface area contributed by atoms with Crippen LogP contribution in [0.5, 0.6) is 0 Å². The summed E-state index contributed by atoms with van der Waals surface area (Å²) in [6.07, 6.45) is 1.57. The molecule has 97 valence electrons. The molecule has 0 aliphatic carbocycles. The van der Waals surface area contributed by atoms with E-state index in [0.717, 1.165) is 11.3 Å². The Bertz CT molecular complexity index is 481. The van der Waals surface area contributed by atoms with E-state index in [1.807, 2.05) is 0 Å². The largest absolute Gasteiger partial charge is 0.466 e. The number of carbonyl (C=O) groups excluding carboxylic acids is 2. The Labute approximate surface area is 108 Å². The standard InChI is InChI=1S/C10H12N3O4S/c1-10(2,8(15)16-3)17-13-6(4-14)7-5-18-9(11)12-7/h5H,1-3H3,(H2,11,12)/b13-6-. The van der Waals surface area contributed by atoms with E-state index in [-0.39, 0.29) is 11.4 Å². The lowest BCUT2D eigenvalue weighted by Gasteiger charge is -2.18. The van der Waals surface area contributed by atoms with E-state index in [4.69, 9.17) is 10.6 Å². The number of nitrogen functional groups attached to an aromatic ring is 1. The number of anilines is 1. The number of hydrogen-bond acceptors (Lipinski definition) is 8. The van der Waals surface area contributed by atoms with Crippen molar-refractivity contribution in [3.8, 4) is 0 Å². The molecule has 0 aliphatic heterocycles. The number of rotatable bonds is 5. The number of nitrogens with zero attached hydrogens (tertiary/aromatic N) is 2. The molecule has 0 bridgehead atoms. The highest BCUT2D eigenvalue weighted by atomic mass is 32.1. The summed E-state index contributed by atoms with van der Waals surface area (Å²) in [5.74, 6) is -0.616. The number of nitrogens with two attached hydrogens (primary N) is 1. The van der Waals surface area contributed by atoms with Gasteiger partial charge in [-0.3, -0.25) is 4.79 Å². The Balaban J connectivity index is 2.87. The summed E-state index contributed by atoms with van der Waals surface area (Å²) in [5, 5.41) is 5.37. The van der Waals surface area contributed by atoms with Gasteiger partial charge in [-0.2, -0.15) is 0 Å². The molecular formula is C10H12N3O4S. The Kier molecular flexibility index (Phi) is 4.38. The molecule has 1 aromatic heterocycles. The van der Waals surface area contributed by atoms with Gasteiger partial charge in [0.05, 0.1) is 7.11 Å². The molecule has 1 radical (unpaired) electrons. The molecule has 0 amide bonds. The van der Waals surface area contributed by atoms with E-state index in [1.54, 1.807) is 6.29 Å². The van der Waals surface area contributed by atoms with Gasteiger partial charge in [0.1, 0.15) is 5.69 Å². The van der Waals surface area contributed by atoms with Crippen LogP contribution >= 0.6 is 11.3 Å². The zero-order chi connectivity index (χ0) is 13.8. The van der Waals surface area contributed by atoms with E-state index in [1.165, 1.54) is 26.3 Å². The van der Waals surface area contributed by atoms with Crippen molar-refractivity contribution in [3.05, 3.63) is 11.1 Å². The maximum absolute atomic E-state index is 11.3. The Hall–Kier alpha value is -1.96. The third-order valence-electron chi connectivity index (χ3n) is 1.90. The number of methoxy groups -OCH3 is 1. The van der Waals surface area contributed by atoms with Gasteiger partial charge in [0.2, 0.25) is 5.60 Å². The first-order chi connectivity index (χ1) is 8.40. The monoisotopic (exact) mass is 270 g/mol. The van der Waals surface area contributed by atoms with Gasteiger partial charge in [-0.25, -0.2) is 9.78 Å². The van der Waals surface area contributed by atoms with Crippen molar-refractivity contribution < 1.29 is 19.2 Å².